The van der Waals surface area contributed by atoms with Crippen molar-refractivity contribution in [1.82, 2.24) is 24.4 Å². The van der Waals surface area contributed by atoms with Crippen LogP contribution in [0.5, 0.6) is 5.88 Å². The van der Waals surface area contributed by atoms with Crippen LogP contribution in [0.4, 0.5) is 0 Å². The fourth-order valence-electron chi connectivity index (χ4n) is 3.64. The highest BCUT2D eigenvalue weighted by molar-refractivity contribution is 5.80. The van der Waals surface area contributed by atoms with E-state index in [1.54, 1.807) is 18.7 Å². The second kappa shape index (κ2) is 6.68. The second-order valence-electron chi connectivity index (χ2n) is 7.20. The van der Waals surface area contributed by atoms with Crippen LogP contribution in [0.2, 0.25) is 0 Å². The Morgan fingerprint density at radius 3 is 2.92 bits per heavy atom. The van der Waals surface area contributed by atoms with E-state index >= 15 is 0 Å². The summed E-state index contributed by atoms with van der Waals surface area (Å²) in [5.74, 6) is 0.444. The van der Waals surface area contributed by atoms with Crippen molar-refractivity contribution in [1.29, 1.82) is 0 Å². The van der Waals surface area contributed by atoms with Crippen molar-refractivity contribution in [3.8, 4) is 5.88 Å². The molecule has 1 fully saturated rings. The number of hydrogen-bond acceptors (Lipinski definition) is 6. The van der Waals surface area contributed by atoms with Gasteiger partial charge in [0.05, 0.1) is 42.6 Å². The predicted octanol–water partition coefficient (Wildman–Crippen LogP) is 0.622. The lowest BCUT2D eigenvalue weighted by Crippen LogP contribution is -2.52. The van der Waals surface area contributed by atoms with Crippen LogP contribution in [0.1, 0.15) is 29.9 Å². The molecule has 138 valence electrons. The van der Waals surface area contributed by atoms with E-state index in [4.69, 9.17) is 4.74 Å². The molecule has 1 amide bonds. The van der Waals surface area contributed by atoms with Crippen LogP contribution >= 0.6 is 0 Å². The lowest BCUT2D eigenvalue weighted by molar-refractivity contribution is -0.147. The Morgan fingerprint density at radius 2 is 2.19 bits per heavy atom. The Kier molecular flexibility index (Phi) is 4.36. The van der Waals surface area contributed by atoms with Crippen LogP contribution < -0.4 is 4.74 Å². The summed E-state index contributed by atoms with van der Waals surface area (Å²) in [6.45, 7) is 2.69. The molecule has 8 heteroatoms. The van der Waals surface area contributed by atoms with Gasteiger partial charge in [-0.15, -0.1) is 0 Å². The molecule has 1 N–H and O–H groups in total. The topological polar surface area (TPSA) is 93.4 Å². The molecule has 0 bridgehead atoms. The first-order valence-corrected chi connectivity index (χ1v) is 8.90. The van der Waals surface area contributed by atoms with Gasteiger partial charge in [0, 0.05) is 31.3 Å². The normalized spacial score (nSPS) is 24.7. The van der Waals surface area contributed by atoms with Crippen molar-refractivity contribution in [3.63, 3.8) is 0 Å². The zero-order chi connectivity index (χ0) is 18.3. The Hall–Kier alpha value is -2.48. The van der Waals surface area contributed by atoms with Crippen molar-refractivity contribution in [2.24, 2.45) is 13.0 Å². The second-order valence-corrected chi connectivity index (χ2v) is 7.20. The number of fused-ring (bicyclic) bond motifs is 1. The Balaban J connectivity index is 1.52. The Labute approximate surface area is 151 Å². The third-order valence-corrected chi connectivity index (χ3v) is 5.24. The van der Waals surface area contributed by atoms with E-state index in [1.807, 2.05) is 23.4 Å². The van der Waals surface area contributed by atoms with Gasteiger partial charge in [-0.3, -0.25) is 9.78 Å². The number of aryl methyl sites for hydroxylation is 2. The third-order valence-electron chi connectivity index (χ3n) is 5.24. The molecule has 1 aliphatic carbocycles. The highest BCUT2D eigenvalue weighted by atomic mass is 16.5. The number of aliphatic hydroxyl groups excluding tert-OH is 1. The number of ether oxygens (including phenoxy) is 1. The van der Waals surface area contributed by atoms with Crippen molar-refractivity contribution >= 4 is 5.91 Å². The fourth-order valence-corrected chi connectivity index (χ4v) is 3.64. The summed E-state index contributed by atoms with van der Waals surface area (Å²) in [4.78, 5) is 27.6. The minimum Gasteiger partial charge on any atom is -0.474 e. The molecule has 0 spiro atoms. The zero-order valence-electron chi connectivity index (χ0n) is 15.0. The van der Waals surface area contributed by atoms with Gasteiger partial charge in [0.1, 0.15) is 6.61 Å². The molecule has 26 heavy (non-hydrogen) atoms. The van der Waals surface area contributed by atoms with E-state index in [1.165, 1.54) is 0 Å². The number of aliphatic hydroxyl groups is 1. The summed E-state index contributed by atoms with van der Waals surface area (Å²) < 4.78 is 7.85. The van der Waals surface area contributed by atoms with Crippen LogP contribution in [0.3, 0.4) is 0 Å². The van der Waals surface area contributed by atoms with Gasteiger partial charge >= 0.3 is 0 Å². The summed E-state index contributed by atoms with van der Waals surface area (Å²) in [6, 6.07) is -0.0922. The van der Waals surface area contributed by atoms with Gasteiger partial charge in [-0.25, -0.2) is 9.97 Å². The molecule has 2 aromatic heterocycles. The van der Waals surface area contributed by atoms with Gasteiger partial charge in [-0.1, -0.05) is 0 Å². The predicted molar refractivity (Wildman–Crippen MR) is 92.2 cm³/mol. The number of carbonyl (C=O) groups is 1. The van der Waals surface area contributed by atoms with Crippen molar-refractivity contribution in [2.45, 2.75) is 44.9 Å². The van der Waals surface area contributed by atoms with Crippen LogP contribution in [0.15, 0.2) is 18.7 Å². The summed E-state index contributed by atoms with van der Waals surface area (Å²) in [5.41, 5.74) is 2.86. The standard InChI is InChI=1S/C18H23N5O3/c1-11-6-19-7-17(21-11)26-9-13-5-16-15(20-10-22(16)2)8-23(13)18(25)12-3-14(24)4-12/h6-7,10,12-14,24H,3-5,8-9H2,1-2H3/t12?,13-,14?/m1/s1. The molecule has 2 aromatic rings. The van der Waals surface area contributed by atoms with Gasteiger partial charge in [-0.05, 0) is 19.8 Å². The molecule has 8 nitrogen and oxygen atoms in total. The average Bonchev–Trinajstić information content (AvgIpc) is 2.96. The first-order valence-electron chi connectivity index (χ1n) is 8.90. The van der Waals surface area contributed by atoms with Crippen LogP contribution in [0.25, 0.3) is 0 Å². The minimum atomic E-state index is -0.351. The van der Waals surface area contributed by atoms with Gasteiger partial charge in [0.25, 0.3) is 0 Å². The van der Waals surface area contributed by atoms with Crippen LogP contribution in [0, 0.1) is 12.8 Å². The molecular weight excluding hydrogens is 334 g/mol. The first kappa shape index (κ1) is 17.0. The van der Waals surface area contributed by atoms with Gasteiger partial charge in [0.2, 0.25) is 11.8 Å². The number of nitrogens with zero attached hydrogens (tertiary/aromatic N) is 5. The number of carbonyl (C=O) groups excluding carboxylic acids is 1. The molecular formula is C18H23N5O3. The molecule has 0 saturated heterocycles. The van der Waals surface area contributed by atoms with E-state index in [0.29, 0.717) is 38.3 Å². The van der Waals surface area contributed by atoms with Gasteiger partial charge in [-0.2, -0.15) is 0 Å². The molecule has 1 atom stereocenters. The van der Waals surface area contributed by atoms with E-state index in [0.717, 1.165) is 17.1 Å². The number of rotatable bonds is 4. The molecule has 0 aromatic carbocycles. The molecule has 3 heterocycles. The maximum atomic E-state index is 12.9. The lowest BCUT2D eigenvalue weighted by Gasteiger charge is -2.40. The van der Waals surface area contributed by atoms with Crippen LogP contribution in [-0.2, 0) is 24.8 Å². The average molecular weight is 357 g/mol. The molecule has 4 rings (SSSR count). The third kappa shape index (κ3) is 3.16. The molecule has 0 radical (unpaired) electrons. The Morgan fingerprint density at radius 1 is 1.38 bits per heavy atom. The van der Waals surface area contributed by atoms with Crippen LogP contribution in [-0.4, -0.2) is 54.2 Å². The monoisotopic (exact) mass is 357 g/mol. The van der Waals surface area contributed by atoms with Gasteiger partial charge < -0.3 is 19.3 Å². The smallest absolute Gasteiger partial charge is 0.232 e. The molecule has 2 aliphatic rings. The number of amides is 1. The number of hydrogen-bond donors (Lipinski definition) is 1. The highest BCUT2D eigenvalue weighted by Gasteiger charge is 2.40. The molecule has 0 unspecified atom stereocenters. The minimum absolute atomic E-state index is 0.0792. The molecule has 1 aliphatic heterocycles. The first-order chi connectivity index (χ1) is 12.5. The fraction of sp³-hybridized carbons (Fsp3) is 0.556. The van der Waals surface area contributed by atoms with Crippen molar-refractivity contribution in [2.75, 3.05) is 6.61 Å². The number of imidazole rings is 1. The van der Waals surface area contributed by atoms with Crippen molar-refractivity contribution in [3.05, 3.63) is 35.8 Å². The SMILES string of the molecule is Cc1cncc(OC[C@H]2Cc3c(ncn3C)CN2C(=O)C2CC(O)C2)n1. The van der Waals surface area contributed by atoms with Gasteiger partial charge in [0.15, 0.2) is 0 Å². The summed E-state index contributed by atoms with van der Waals surface area (Å²) in [7, 11) is 1.97. The van der Waals surface area contributed by atoms with E-state index < -0.39 is 0 Å². The van der Waals surface area contributed by atoms with E-state index in [2.05, 4.69) is 15.0 Å². The quantitative estimate of drug-likeness (QED) is 0.862. The summed E-state index contributed by atoms with van der Waals surface area (Å²) >= 11 is 0. The lowest BCUT2D eigenvalue weighted by atomic mass is 9.81. The van der Waals surface area contributed by atoms with E-state index in [-0.39, 0.29) is 24.0 Å². The maximum Gasteiger partial charge on any atom is 0.232 e. The van der Waals surface area contributed by atoms with Crippen molar-refractivity contribution < 1.29 is 14.6 Å². The Bertz CT molecular complexity index is 815. The largest absolute Gasteiger partial charge is 0.474 e. The van der Waals surface area contributed by atoms with E-state index in [9.17, 15) is 9.90 Å². The summed E-state index contributed by atoms with van der Waals surface area (Å²) in [5, 5.41) is 9.54. The highest BCUT2D eigenvalue weighted by Crippen LogP contribution is 2.32. The maximum absolute atomic E-state index is 12.9. The summed E-state index contributed by atoms with van der Waals surface area (Å²) in [6.07, 6.45) is 6.47. The zero-order valence-corrected chi connectivity index (χ0v) is 15.0. The number of aromatic nitrogens is 4. The molecule has 1 saturated carbocycles.